The van der Waals surface area contributed by atoms with Crippen molar-refractivity contribution < 1.29 is 27.6 Å². The molecule has 10 nitrogen and oxygen atoms in total. The highest BCUT2D eigenvalue weighted by molar-refractivity contribution is 7.91. The molecule has 4 aromatic rings. The van der Waals surface area contributed by atoms with Crippen molar-refractivity contribution in [1.82, 2.24) is 9.78 Å². The van der Waals surface area contributed by atoms with Gasteiger partial charge in [-0.25, -0.2) is 13.2 Å². The van der Waals surface area contributed by atoms with E-state index in [1.165, 1.54) is 30.8 Å². The van der Waals surface area contributed by atoms with E-state index in [2.05, 4.69) is 5.10 Å². The molecule has 4 rings (SSSR count). The quantitative estimate of drug-likeness (QED) is 0.213. The van der Waals surface area contributed by atoms with Crippen molar-refractivity contribution in [3.63, 3.8) is 0 Å². The Bertz CT molecular complexity index is 1510. The summed E-state index contributed by atoms with van der Waals surface area (Å²) in [6, 6.07) is 19.2. The molecule has 11 heteroatoms. The number of non-ortho nitro benzene ring substituents is 1. The Morgan fingerprint density at radius 1 is 1.00 bits per heavy atom. The molecule has 178 valence electrons. The molecule has 0 bridgehead atoms. The van der Waals surface area contributed by atoms with E-state index in [4.69, 9.17) is 9.47 Å². The highest BCUT2D eigenvalue weighted by Gasteiger charge is 2.32. The Hall–Kier alpha value is -4.51. The van der Waals surface area contributed by atoms with Gasteiger partial charge in [0, 0.05) is 12.1 Å². The van der Waals surface area contributed by atoms with Crippen molar-refractivity contribution in [3.8, 4) is 17.3 Å². The molecule has 0 amide bonds. The molecular formula is C24H19N3O7S. The molecule has 1 aromatic heterocycles. The molecule has 0 spiro atoms. The second-order valence-electron chi connectivity index (χ2n) is 7.34. The zero-order valence-electron chi connectivity index (χ0n) is 18.6. The van der Waals surface area contributed by atoms with Crippen LogP contribution in [0.5, 0.6) is 11.6 Å². The number of nitro groups is 1. The minimum absolute atomic E-state index is 0.0839. The summed E-state index contributed by atoms with van der Waals surface area (Å²) in [4.78, 5) is 22.8. The second kappa shape index (κ2) is 9.39. The van der Waals surface area contributed by atoms with Gasteiger partial charge in [0.1, 0.15) is 5.75 Å². The lowest BCUT2D eigenvalue weighted by Gasteiger charge is -2.11. The predicted molar refractivity (Wildman–Crippen MR) is 125 cm³/mol. The molecule has 0 saturated carbocycles. The third kappa shape index (κ3) is 4.62. The van der Waals surface area contributed by atoms with Crippen LogP contribution in [-0.4, -0.2) is 36.2 Å². The molecule has 0 aliphatic heterocycles. The van der Waals surface area contributed by atoms with Gasteiger partial charge in [0.25, 0.3) is 5.69 Å². The molecular weight excluding hydrogens is 474 g/mol. The summed E-state index contributed by atoms with van der Waals surface area (Å²) in [7, 11) is -2.83. The molecule has 0 atom stereocenters. The first-order valence-electron chi connectivity index (χ1n) is 10.2. The van der Waals surface area contributed by atoms with Crippen molar-refractivity contribution in [1.29, 1.82) is 0 Å². The smallest absolute Gasteiger partial charge is 0.345 e. The second-order valence-corrected chi connectivity index (χ2v) is 9.23. The van der Waals surface area contributed by atoms with Gasteiger partial charge in [-0.3, -0.25) is 10.1 Å². The Labute approximate surface area is 200 Å². The number of benzene rings is 3. The third-order valence-corrected chi connectivity index (χ3v) is 6.99. The number of para-hydroxylation sites is 1. The third-order valence-electron chi connectivity index (χ3n) is 5.09. The lowest BCUT2D eigenvalue weighted by Crippen LogP contribution is -2.14. The van der Waals surface area contributed by atoms with Gasteiger partial charge in [-0.1, -0.05) is 24.3 Å². The van der Waals surface area contributed by atoms with Crippen LogP contribution in [0.4, 0.5) is 5.69 Å². The van der Waals surface area contributed by atoms with Crippen molar-refractivity contribution in [2.24, 2.45) is 0 Å². The van der Waals surface area contributed by atoms with Crippen LogP contribution in [0, 0.1) is 17.0 Å². The first-order chi connectivity index (χ1) is 16.7. The number of sulfone groups is 1. The number of esters is 1. The summed E-state index contributed by atoms with van der Waals surface area (Å²) < 4.78 is 39.2. The Kier molecular flexibility index (Phi) is 6.34. The fourth-order valence-corrected chi connectivity index (χ4v) is 4.91. The normalized spacial score (nSPS) is 11.1. The lowest BCUT2D eigenvalue weighted by molar-refractivity contribution is -0.384. The summed E-state index contributed by atoms with van der Waals surface area (Å²) in [6.07, 6.45) is 0. The van der Waals surface area contributed by atoms with Crippen molar-refractivity contribution in [2.45, 2.75) is 16.7 Å². The number of carbonyl (C=O) groups is 1. The van der Waals surface area contributed by atoms with E-state index in [9.17, 15) is 23.3 Å². The summed E-state index contributed by atoms with van der Waals surface area (Å²) in [5, 5.41) is 15.3. The first kappa shape index (κ1) is 23.6. The number of nitrogens with zero attached hydrogens (tertiary/aromatic N) is 3. The van der Waals surface area contributed by atoms with Gasteiger partial charge < -0.3 is 9.47 Å². The Balaban J connectivity index is 1.86. The Morgan fingerprint density at radius 2 is 1.69 bits per heavy atom. The highest BCUT2D eigenvalue weighted by atomic mass is 32.2. The molecule has 0 aliphatic carbocycles. The highest BCUT2D eigenvalue weighted by Crippen LogP contribution is 2.35. The van der Waals surface area contributed by atoms with Crippen LogP contribution >= 0.6 is 0 Å². The number of hydrogen-bond acceptors (Lipinski definition) is 8. The van der Waals surface area contributed by atoms with Crippen molar-refractivity contribution in [3.05, 3.63) is 100 Å². The van der Waals surface area contributed by atoms with Crippen LogP contribution in [-0.2, 0) is 9.84 Å². The maximum absolute atomic E-state index is 13.6. The largest absolute Gasteiger partial charge is 0.497 e. The van der Waals surface area contributed by atoms with E-state index >= 15 is 0 Å². The van der Waals surface area contributed by atoms with E-state index in [1.807, 2.05) is 0 Å². The van der Waals surface area contributed by atoms with Gasteiger partial charge in [-0.2, -0.15) is 9.78 Å². The molecule has 0 fully saturated rings. The van der Waals surface area contributed by atoms with Gasteiger partial charge in [0.05, 0.1) is 33.9 Å². The summed E-state index contributed by atoms with van der Waals surface area (Å²) in [6.45, 7) is 1.47. The average molecular weight is 493 g/mol. The fourth-order valence-electron chi connectivity index (χ4n) is 3.40. The van der Waals surface area contributed by atoms with Crippen LogP contribution < -0.4 is 9.47 Å². The molecule has 0 unspecified atom stereocenters. The minimum atomic E-state index is -4.28. The number of hydrogen-bond donors (Lipinski definition) is 0. The van der Waals surface area contributed by atoms with Crippen molar-refractivity contribution in [2.75, 3.05) is 7.11 Å². The van der Waals surface area contributed by atoms with Crippen LogP contribution in [0.25, 0.3) is 5.69 Å². The van der Waals surface area contributed by atoms with Crippen LogP contribution in [0.15, 0.2) is 88.7 Å². The van der Waals surface area contributed by atoms with Gasteiger partial charge >= 0.3 is 5.97 Å². The molecule has 35 heavy (non-hydrogen) atoms. The molecule has 1 heterocycles. The summed E-state index contributed by atoms with van der Waals surface area (Å²) >= 11 is 0. The molecule has 0 N–H and O–H groups in total. The molecule has 0 radical (unpaired) electrons. The van der Waals surface area contributed by atoms with Gasteiger partial charge in [0.15, 0.2) is 4.90 Å². The SMILES string of the molecule is COc1cccc(C(=O)Oc2c(S(=O)(=O)c3ccc([N+](=O)[O-])cc3)c(C)nn2-c2ccccc2)c1. The predicted octanol–water partition coefficient (Wildman–Crippen LogP) is 4.15. The standard InChI is InChI=1S/C24H19N3O7S/c1-16-22(35(31,32)21-13-11-19(12-14-21)27(29)30)23(26(25-16)18-8-4-3-5-9-18)34-24(28)17-7-6-10-20(15-17)33-2/h3-15H,1-2H3. The number of rotatable bonds is 7. The zero-order chi connectivity index (χ0) is 25.2. The zero-order valence-corrected chi connectivity index (χ0v) is 19.4. The van der Waals surface area contributed by atoms with E-state index < -0.39 is 20.7 Å². The van der Waals surface area contributed by atoms with E-state index in [0.717, 1.165) is 24.3 Å². The maximum atomic E-state index is 13.6. The Morgan fingerprint density at radius 3 is 2.31 bits per heavy atom. The summed E-state index contributed by atoms with van der Waals surface area (Å²) in [5.41, 5.74) is 0.432. The molecule has 0 aliphatic rings. The van der Waals surface area contributed by atoms with Crippen LogP contribution in [0.1, 0.15) is 16.1 Å². The molecule has 3 aromatic carbocycles. The number of methoxy groups -OCH3 is 1. The fraction of sp³-hybridized carbons (Fsp3) is 0.0833. The summed E-state index contributed by atoms with van der Waals surface area (Å²) in [5.74, 6) is -0.702. The van der Waals surface area contributed by atoms with Crippen molar-refractivity contribution >= 4 is 21.5 Å². The lowest BCUT2D eigenvalue weighted by atomic mass is 10.2. The van der Waals surface area contributed by atoms with Crippen LogP contribution in [0.2, 0.25) is 0 Å². The number of aromatic nitrogens is 2. The average Bonchev–Trinajstić information content (AvgIpc) is 3.20. The molecule has 0 saturated heterocycles. The topological polar surface area (TPSA) is 131 Å². The van der Waals surface area contributed by atoms with Gasteiger partial charge in [-0.15, -0.1) is 0 Å². The first-order valence-corrected chi connectivity index (χ1v) is 11.7. The van der Waals surface area contributed by atoms with Gasteiger partial charge in [-0.05, 0) is 49.4 Å². The minimum Gasteiger partial charge on any atom is -0.497 e. The van der Waals surface area contributed by atoms with E-state index in [-0.39, 0.29) is 32.6 Å². The number of carbonyl (C=O) groups excluding carboxylic acids is 1. The monoisotopic (exact) mass is 493 g/mol. The van der Waals surface area contributed by atoms with E-state index in [0.29, 0.717) is 11.4 Å². The maximum Gasteiger partial charge on any atom is 0.345 e. The number of nitro benzene ring substituents is 1. The van der Waals surface area contributed by atoms with Crippen LogP contribution in [0.3, 0.4) is 0 Å². The van der Waals surface area contributed by atoms with E-state index in [1.54, 1.807) is 42.5 Å². The van der Waals surface area contributed by atoms with Gasteiger partial charge in [0.2, 0.25) is 15.7 Å². The number of ether oxygens (including phenoxy) is 2. The number of aryl methyl sites for hydroxylation is 1.